The van der Waals surface area contributed by atoms with Gasteiger partial charge in [0, 0.05) is 12.7 Å². The Hall–Kier alpha value is -1.75. The van der Waals surface area contributed by atoms with Crippen molar-refractivity contribution >= 4 is 23.3 Å². The largest absolute Gasteiger partial charge is 0.497 e. The molecule has 0 aliphatic heterocycles. The fraction of sp³-hybridized carbons (Fsp3) is 0.273. The number of hydrogen-bond donors (Lipinski definition) is 0. The number of benzene rings is 1. The quantitative estimate of drug-likeness (QED) is 0.784. The molecular weight excluding hydrogens is 242 g/mol. The average Bonchev–Trinajstić information content (AvgIpc) is 2.87. The molecule has 90 valence electrons. The molecular formula is C11H12ClN3O2. The van der Waals surface area contributed by atoms with Crippen LogP contribution in [0.3, 0.4) is 0 Å². The lowest BCUT2D eigenvalue weighted by atomic mass is 10.3. The van der Waals surface area contributed by atoms with Crippen LogP contribution in [0.15, 0.2) is 28.7 Å². The number of hydrogen-bond acceptors (Lipinski definition) is 5. The third-order valence-corrected chi connectivity index (χ3v) is 2.55. The van der Waals surface area contributed by atoms with E-state index in [4.69, 9.17) is 20.8 Å². The molecule has 0 saturated carbocycles. The first-order chi connectivity index (χ1) is 8.24. The van der Waals surface area contributed by atoms with E-state index < -0.39 is 0 Å². The summed E-state index contributed by atoms with van der Waals surface area (Å²) in [6.45, 7) is 0. The zero-order chi connectivity index (χ0) is 12.3. The van der Waals surface area contributed by atoms with Gasteiger partial charge in [0.25, 0.3) is 0 Å². The zero-order valence-corrected chi connectivity index (χ0v) is 10.3. The third-order valence-electron chi connectivity index (χ3n) is 2.32. The fourth-order valence-electron chi connectivity index (χ4n) is 1.35. The Morgan fingerprint density at radius 1 is 1.29 bits per heavy atom. The predicted molar refractivity (Wildman–Crippen MR) is 64.9 cm³/mol. The number of alkyl halides is 1. The van der Waals surface area contributed by atoms with Crippen molar-refractivity contribution in [3.05, 3.63) is 30.2 Å². The van der Waals surface area contributed by atoms with Crippen LogP contribution in [0.2, 0.25) is 0 Å². The van der Waals surface area contributed by atoms with Crippen LogP contribution in [0, 0.1) is 0 Å². The summed E-state index contributed by atoms with van der Waals surface area (Å²) in [7, 11) is 3.47. The summed E-state index contributed by atoms with van der Waals surface area (Å²) >= 11 is 5.60. The van der Waals surface area contributed by atoms with Crippen LogP contribution in [0.4, 0.5) is 11.7 Å². The van der Waals surface area contributed by atoms with E-state index in [0.717, 1.165) is 11.4 Å². The van der Waals surface area contributed by atoms with Gasteiger partial charge in [-0.2, -0.15) is 0 Å². The number of ether oxygens (including phenoxy) is 1. The number of nitrogens with zero attached hydrogens (tertiary/aromatic N) is 3. The maximum atomic E-state index is 5.60. The van der Waals surface area contributed by atoms with Gasteiger partial charge in [-0.1, -0.05) is 5.10 Å². The van der Waals surface area contributed by atoms with Gasteiger partial charge in [0.2, 0.25) is 5.89 Å². The first-order valence-corrected chi connectivity index (χ1v) is 5.54. The van der Waals surface area contributed by atoms with E-state index in [0.29, 0.717) is 11.9 Å². The number of rotatable bonds is 4. The number of anilines is 2. The van der Waals surface area contributed by atoms with Crippen LogP contribution in [0.5, 0.6) is 5.75 Å². The molecule has 0 radical (unpaired) electrons. The van der Waals surface area contributed by atoms with E-state index in [1.54, 1.807) is 12.0 Å². The van der Waals surface area contributed by atoms with Crippen molar-refractivity contribution in [2.45, 2.75) is 5.88 Å². The highest BCUT2D eigenvalue weighted by Gasteiger charge is 2.11. The minimum Gasteiger partial charge on any atom is -0.497 e. The van der Waals surface area contributed by atoms with E-state index in [-0.39, 0.29) is 5.88 Å². The topological polar surface area (TPSA) is 51.4 Å². The summed E-state index contributed by atoms with van der Waals surface area (Å²) in [5.41, 5.74) is 0.926. The second kappa shape index (κ2) is 5.05. The van der Waals surface area contributed by atoms with E-state index in [1.807, 2.05) is 31.3 Å². The molecule has 0 aliphatic rings. The van der Waals surface area contributed by atoms with Crippen molar-refractivity contribution in [1.82, 2.24) is 10.2 Å². The van der Waals surface area contributed by atoms with Crippen molar-refractivity contribution in [3.63, 3.8) is 0 Å². The van der Waals surface area contributed by atoms with E-state index in [1.165, 1.54) is 0 Å². The standard InChI is InChI=1S/C11H12ClN3O2/c1-15(11-14-13-10(7-12)17-11)8-3-5-9(16-2)6-4-8/h3-6H,7H2,1-2H3. The molecule has 0 bridgehead atoms. The first-order valence-electron chi connectivity index (χ1n) is 5.00. The Balaban J connectivity index is 2.20. The predicted octanol–water partition coefficient (Wildman–Crippen LogP) is 2.58. The van der Waals surface area contributed by atoms with Crippen LogP contribution in [0.1, 0.15) is 5.89 Å². The molecule has 2 rings (SSSR count). The number of aromatic nitrogens is 2. The second-order valence-electron chi connectivity index (χ2n) is 3.37. The van der Waals surface area contributed by atoms with Gasteiger partial charge in [-0.3, -0.25) is 4.90 Å². The molecule has 2 aromatic rings. The molecule has 1 aromatic carbocycles. The van der Waals surface area contributed by atoms with Crippen molar-refractivity contribution in [2.75, 3.05) is 19.1 Å². The summed E-state index contributed by atoms with van der Waals surface area (Å²) in [6, 6.07) is 7.95. The van der Waals surface area contributed by atoms with Gasteiger partial charge in [-0.15, -0.1) is 16.7 Å². The van der Waals surface area contributed by atoms with Crippen LogP contribution in [-0.4, -0.2) is 24.4 Å². The number of halogens is 1. The molecule has 0 atom stereocenters. The molecule has 1 aromatic heterocycles. The minimum absolute atomic E-state index is 0.212. The smallest absolute Gasteiger partial charge is 0.322 e. The van der Waals surface area contributed by atoms with Crippen LogP contribution >= 0.6 is 11.6 Å². The van der Waals surface area contributed by atoms with Crippen LogP contribution in [0.25, 0.3) is 0 Å². The summed E-state index contributed by atoms with van der Waals surface area (Å²) < 4.78 is 10.4. The van der Waals surface area contributed by atoms with Crippen molar-refractivity contribution in [2.24, 2.45) is 0 Å². The Labute approximate surface area is 104 Å². The Morgan fingerprint density at radius 2 is 2.00 bits per heavy atom. The molecule has 0 N–H and O–H groups in total. The van der Waals surface area contributed by atoms with E-state index in [2.05, 4.69) is 10.2 Å². The van der Waals surface area contributed by atoms with Gasteiger partial charge < -0.3 is 9.15 Å². The van der Waals surface area contributed by atoms with Gasteiger partial charge in [-0.25, -0.2) is 0 Å². The lowest BCUT2D eigenvalue weighted by Crippen LogP contribution is -2.09. The Kier molecular flexibility index (Phi) is 3.49. The van der Waals surface area contributed by atoms with Crippen LogP contribution < -0.4 is 9.64 Å². The molecule has 0 fully saturated rings. The highest BCUT2D eigenvalue weighted by Crippen LogP contribution is 2.24. The summed E-state index contributed by atoms with van der Waals surface area (Å²) in [4.78, 5) is 1.78. The first kappa shape index (κ1) is 11.7. The SMILES string of the molecule is COc1ccc(N(C)c2nnc(CCl)o2)cc1. The summed E-state index contributed by atoms with van der Waals surface area (Å²) in [6.07, 6.45) is 0. The lowest BCUT2D eigenvalue weighted by Gasteiger charge is -2.14. The molecule has 6 heteroatoms. The summed E-state index contributed by atoms with van der Waals surface area (Å²) in [5.74, 6) is 1.42. The minimum atomic E-state index is 0.212. The van der Waals surface area contributed by atoms with Gasteiger partial charge in [-0.05, 0) is 24.3 Å². The van der Waals surface area contributed by atoms with Gasteiger partial charge in [0.15, 0.2) is 0 Å². The van der Waals surface area contributed by atoms with Crippen molar-refractivity contribution in [1.29, 1.82) is 0 Å². The normalized spacial score (nSPS) is 10.3. The Bertz CT molecular complexity index is 484. The fourth-order valence-corrected chi connectivity index (χ4v) is 1.46. The summed E-state index contributed by atoms with van der Waals surface area (Å²) in [5, 5.41) is 7.70. The third kappa shape index (κ3) is 2.50. The molecule has 0 amide bonds. The van der Waals surface area contributed by atoms with Gasteiger partial charge in [0.1, 0.15) is 11.6 Å². The number of methoxy groups -OCH3 is 1. The van der Waals surface area contributed by atoms with E-state index >= 15 is 0 Å². The molecule has 17 heavy (non-hydrogen) atoms. The second-order valence-corrected chi connectivity index (χ2v) is 3.64. The highest BCUT2D eigenvalue weighted by molar-refractivity contribution is 6.16. The maximum Gasteiger partial charge on any atom is 0.322 e. The molecule has 0 saturated heterocycles. The molecule has 0 unspecified atom stereocenters. The van der Waals surface area contributed by atoms with Gasteiger partial charge in [0.05, 0.1) is 7.11 Å². The lowest BCUT2D eigenvalue weighted by molar-refractivity contribution is 0.415. The van der Waals surface area contributed by atoms with E-state index in [9.17, 15) is 0 Å². The van der Waals surface area contributed by atoms with Crippen molar-refractivity contribution < 1.29 is 9.15 Å². The highest BCUT2D eigenvalue weighted by atomic mass is 35.5. The maximum absolute atomic E-state index is 5.60. The van der Waals surface area contributed by atoms with Crippen LogP contribution in [-0.2, 0) is 5.88 Å². The zero-order valence-electron chi connectivity index (χ0n) is 9.55. The molecule has 0 spiro atoms. The van der Waals surface area contributed by atoms with Crippen molar-refractivity contribution in [3.8, 4) is 5.75 Å². The molecule has 0 aliphatic carbocycles. The van der Waals surface area contributed by atoms with Gasteiger partial charge >= 0.3 is 6.01 Å². The molecule has 1 heterocycles. The monoisotopic (exact) mass is 253 g/mol. The Morgan fingerprint density at radius 3 is 2.53 bits per heavy atom. The molecule has 5 nitrogen and oxygen atoms in total. The average molecular weight is 254 g/mol.